The molecule has 8 heteroatoms. The number of amides is 1. The zero-order valence-electron chi connectivity index (χ0n) is 13.8. The van der Waals surface area contributed by atoms with Gasteiger partial charge in [-0.3, -0.25) is 4.79 Å². The number of anilines is 1. The second kappa shape index (κ2) is 6.56. The molecule has 1 fully saturated rings. The molecule has 1 saturated heterocycles. The number of hydrogen-bond donors (Lipinski definition) is 2. The zero-order chi connectivity index (χ0) is 17.2. The highest BCUT2D eigenvalue weighted by molar-refractivity contribution is 5.91. The van der Waals surface area contributed by atoms with Gasteiger partial charge in [0, 0.05) is 38.3 Å². The van der Waals surface area contributed by atoms with Crippen molar-refractivity contribution in [3.8, 4) is 0 Å². The van der Waals surface area contributed by atoms with Crippen LogP contribution in [0.3, 0.4) is 0 Å². The van der Waals surface area contributed by atoms with Crippen molar-refractivity contribution in [3.05, 3.63) is 35.9 Å². The van der Waals surface area contributed by atoms with Crippen LogP contribution >= 0.6 is 0 Å². The second-order valence-electron chi connectivity index (χ2n) is 6.20. The number of β-amino-alcohol motifs (C(OH)–C–C–N with tert-alkyl or cyclic N) is 1. The molecule has 1 amide bonds. The molecule has 128 valence electrons. The summed E-state index contributed by atoms with van der Waals surface area (Å²) in [6.07, 6.45) is 4.27. The summed E-state index contributed by atoms with van der Waals surface area (Å²) in [6, 6.07) is 1.89. The van der Waals surface area contributed by atoms with E-state index < -0.39 is 5.60 Å². The maximum Gasteiger partial charge on any atom is 0.273 e. The summed E-state index contributed by atoms with van der Waals surface area (Å²) in [6.45, 7) is 4.95. The lowest BCUT2D eigenvalue weighted by atomic mass is 9.92. The number of aromatic nitrogens is 3. The Morgan fingerprint density at radius 2 is 2.29 bits per heavy atom. The van der Waals surface area contributed by atoms with Gasteiger partial charge in [0.1, 0.15) is 18.4 Å². The van der Waals surface area contributed by atoms with Gasteiger partial charge in [0.15, 0.2) is 11.6 Å². The lowest BCUT2D eigenvalue weighted by molar-refractivity contribution is 0.0253. The molecule has 1 aliphatic rings. The summed E-state index contributed by atoms with van der Waals surface area (Å²) in [5.74, 6) is 0.871. The SMILES string of the molecule is Cc1cc(N2CCC[C@@](O)(CNC(=O)c3coc(C)n3)C2)ncn1. The van der Waals surface area contributed by atoms with Gasteiger partial charge in [-0.2, -0.15) is 0 Å². The highest BCUT2D eigenvalue weighted by Crippen LogP contribution is 2.24. The van der Waals surface area contributed by atoms with E-state index in [4.69, 9.17) is 4.42 Å². The number of oxazole rings is 1. The minimum atomic E-state index is -1.01. The normalized spacial score (nSPS) is 20.9. The van der Waals surface area contributed by atoms with Gasteiger partial charge < -0.3 is 19.7 Å². The maximum absolute atomic E-state index is 12.1. The molecular weight excluding hydrogens is 310 g/mol. The fourth-order valence-corrected chi connectivity index (χ4v) is 2.87. The first-order valence-electron chi connectivity index (χ1n) is 7.91. The maximum atomic E-state index is 12.1. The van der Waals surface area contributed by atoms with Crippen molar-refractivity contribution in [2.24, 2.45) is 0 Å². The van der Waals surface area contributed by atoms with Gasteiger partial charge in [-0.15, -0.1) is 0 Å². The number of aryl methyl sites for hydroxylation is 2. The molecule has 0 unspecified atom stereocenters. The van der Waals surface area contributed by atoms with Crippen molar-refractivity contribution in [2.75, 3.05) is 24.5 Å². The van der Waals surface area contributed by atoms with Crippen LogP contribution in [0.5, 0.6) is 0 Å². The molecule has 3 rings (SSSR count). The fraction of sp³-hybridized carbons (Fsp3) is 0.500. The summed E-state index contributed by atoms with van der Waals surface area (Å²) < 4.78 is 5.03. The minimum absolute atomic E-state index is 0.151. The highest BCUT2D eigenvalue weighted by Gasteiger charge is 2.34. The predicted octanol–water partition coefficient (Wildman–Crippen LogP) is 0.843. The highest BCUT2D eigenvalue weighted by atomic mass is 16.3. The fourth-order valence-electron chi connectivity index (χ4n) is 2.87. The van der Waals surface area contributed by atoms with Crippen LogP contribution in [0.4, 0.5) is 5.82 Å². The Labute approximate surface area is 139 Å². The topological polar surface area (TPSA) is 104 Å². The van der Waals surface area contributed by atoms with Crippen molar-refractivity contribution in [1.82, 2.24) is 20.3 Å². The molecule has 24 heavy (non-hydrogen) atoms. The summed E-state index contributed by atoms with van der Waals surface area (Å²) in [5, 5.41) is 13.6. The van der Waals surface area contributed by atoms with E-state index in [0.29, 0.717) is 18.9 Å². The van der Waals surface area contributed by atoms with Crippen molar-refractivity contribution in [1.29, 1.82) is 0 Å². The van der Waals surface area contributed by atoms with Crippen LogP contribution in [0.1, 0.15) is 34.9 Å². The van der Waals surface area contributed by atoms with Gasteiger partial charge in [0.2, 0.25) is 0 Å². The molecule has 1 aliphatic heterocycles. The average molecular weight is 331 g/mol. The van der Waals surface area contributed by atoms with Gasteiger partial charge in [-0.1, -0.05) is 0 Å². The third kappa shape index (κ3) is 3.70. The first kappa shape index (κ1) is 16.4. The molecule has 1 atom stereocenters. The smallest absolute Gasteiger partial charge is 0.273 e. The summed E-state index contributed by atoms with van der Waals surface area (Å²) in [4.78, 5) is 26.4. The Kier molecular flexibility index (Phi) is 4.48. The zero-order valence-corrected chi connectivity index (χ0v) is 13.8. The number of rotatable bonds is 4. The molecular formula is C16H21N5O3. The van der Waals surface area contributed by atoms with E-state index in [0.717, 1.165) is 24.5 Å². The van der Waals surface area contributed by atoms with Crippen LogP contribution < -0.4 is 10.2 Å². The van der Waals surface area contributed by atoms with E-state index in [9.17, 15) is 9.90 Å². The molecule has 2 N–H and O–H groups in total. The van der Waals surface area contributed by atoms with Crippen LogP contribution in [0.25, 0.3) is 0 Å². The van der Waals surface area contributed by atoms with Crippen molar-refractivity contribution in [3.63, 3.8) is 0 Å². The first-order valence-corrected chi connectivity index (χ1v) is 7.91. The van der Waals surface area contributed by atoms with Gasteiger partial charge in [0.25, 0.3) is 5.91 Å². The van der Waals surface area contributed by atoms with Crippen molar-refractivity contribution < 1.29 is 14.3 Å². The first-order chi connectivity index (χ1) is 11.5. The molecule has 0 aliphatic carbocycles. The van der Waals surface area contributed by atoms with E-state index in [-0.39, 0.29) is 18.1 Å². The summed E-state index contributed by atoms with van der Waals surface area (Å²) >= 11 is 0. The number of nitrogens with one attached hydrogen (secondary N) is 1. The quantitative estimate of drug-likeness (QED) is 0.855. The van der Waals surface area contributed by atoms with Crippen LogP contribution in [-0.2, 0) is 0 Å². The monoisotopic (exact) mass is 331 g/mol. The molecule has 8 nitrogen and oxygen atoms in total. The largest absolute Gasteiger partial charge is 0.448 e. The second-order valence-corrected chi connectivity index (χ2v) is 6.20. The van der Waals surface area contributed by atoms with E-state index in [1.165, 1.54) is 12.6 Å². The Bertz CT molecular complexity index is 732. The van der Waals surface area contributed by atoms with Crippen LogP contribution in [0.15, 0.2) is 23.1 Å². The summed E-state index contributed by atoms with van der Waals surface area (Å²) in [7, 11) is 0. The number of carbonyl (C=O) groups excluding carboxylic acids is 1. The number of piperidine rings is 1. The number of carbonyl (C=O) groups is 1. The molecule has 0 bridgehead atoms. The van der Waals surface area contributed by atoms with E-state index in [1.54, 1.807) is 6.92 Å². The lowest BCUT2D eigenvalue weighted by Gasteiger charge is -2.39. The van der Waals surface area contributed by atoms with Gasteiger partial charge in [-0.05, 0) is 19.8 Å². The molecule has 0 saturated carbocycles. The minimum Gasteiger partial charge on any atom is -0.448 e. The molecule has 0 radical (unpaired) electrons. The lowest BCUT2D eigenvalue weighted by Crippen LogP contribution is -2.54. The average Bonchev–Trinajstić information content (AvgIpc) is 2.99. The molecule has 0 aromatic carbocycles. The van der Waals surface area contributed by atoms with Crippen LogP contribution in [0, 0.1) is 13.8 Å². The third-order valence-electron chi connectivity index (χ3n) is 4.10. The summed E-state index contributed by atoms with van der Waals surface area (Å²) in [5.41, 5.74) is 0.0879. The van der Waals surface area contributed by atoms with Crippen LogP contribution in [0.2, 0.25) is 0 Å². The standard InChI is InChI=1S/C16H21N5O3/c1-11-6-14(19-10-18-11)21-5-3-4-16(23,9-21)8-17-15(22)13-7-24-12(2)20-13/h6-7,10,23H,3-5,8-9H2,1-2H3,(H,17,22)/t16-/m1/s1. The van der Waals surface area contributed by atoms with Crippen molar-refractivity contribution in [2.45, 2.75) is 32.3 Å². The number of hydrogen-bond acceptors (Lipinski definition) is 7. The molecule has 2 aromatic rings. The Morgan fingerprint density at radius 1 is 1.46 bits per heavy atom. The Balaban J connectivity index is 1.63. The van der Waals surface area contributed by atoms with Gasteiger partial charge in [0.05, 0.1) is 5.60 Å². The third-order valence-corrected chi connectivity index (χ3v) is 4.10. The van der Waals surface area contributed by atoms with Gasteiger partial charge >= 0.3 is 0 Å². The van der Waals surface area contributed by atoms with Gasteiger partial charge in [-0.25, -0.2) is 15.0 Å². The Hall–Kier alpha value is -2.48. The van der Waals surface area contributed by atoms with E-state index >= 15 is 0 Å². The Morgan fingerprint density at radius 3 is 3.00 bits per heavy atom. The van der Waals surface area contributed by atoms with Crippen molar-refractivity contribution >= 4 is 11.7 Å². The molecule has 0 spiro atoms. The van der Waals surface area contributed by atoms with E-state index in [2.05, 4.69) is 20.3 Å². The van der Waals surface area contributed by atoms with Crippen LogP contribution in [-0.4, -0.2) is 51.2 Å². The number of aliphatic hydroxyl groups is 1. The predicted molar refractivity (Wildman–Crippen MR) is 86.7 cm³/mol. The van der Waals surface area contributed by atoms with E-state index in [1.807, 2.05) is 17.9 Å². The number of nitrogens with zero attached hydrogens (tertiary/aromatic N) is 4. The molecule has 3 heterocycles. The molecule has 2 aromatic heterocycles.